The van der Waals surface area contributed by atoms with Crippen molar-refractivity contribution in [2.75, 3.05) is 0 Å². The molecule has 0 aromatic heterocycles. The molecule has 0 aliphatic heterocycles. The number of halogens is 1. The van der Waals surface area contributed by atoms with Crippen molar-refractivity contribution in [2.45, 2.75) is 44.8 Å². The zero-order chi connectivity index (χ0) is 8.27. The fourth-order valence-corrected chi connectivity index (χ4v) is 1.44. The van der Waals surface area contributed by atoms with Crippen molar-refractivity contribution in [2.24, 2.45) is 5.73 Å². The Morgan fingerprint density at radius 2 is 1.83 bits per heavy atom. The van der Waals surface area contributed by atoms with Gasteiger partial charge in [-0.3, -0.25) is 4.79 Å². The molecule has 1 aliphatic rings. The van der Waals surface area contributed by atoms with E-state index in [1.54, 1.807) is 0 Å². The first-order valence-electron chi connectivity index (χ1n) is 4.11. The van der Waals surface area contributed by atoms with Gasteiger partial charge in [0.15, 0.2) is 0 Å². The first-order chi connectivity index (χ1) is 5.18. The molecule has 12 heavy (non-hydrogen) atoms. The number of carbonyl (C=O) groups is 1. The van der Waals surface area contributed by atoms with Crippen molar-refractivity contribution >= 4 is 18.4 Å². The molecule has 1 rings (SSSR count). The second-order valence-electron chi connectivity index (χ2n) is 3.15. The highest BCUT2D eigenvalue weighted by Crippen LogP contribution is 2.19. The molecule has 4 heteroatoms. The fraction of sp³-hybridized carbons (Fsp3) is 0.875. The van der Waals surface area contributed by atoms with Gasteiger partial charge in [-0.1, -0.05) is 0 Å². The summed E-state index contributed by atoms with van der Waals surface area (Å²) >= 11 is 0. The quantitative estimate of drug-likeness (QED) is 0.638. The van der Waals surface area contributed by atoms with Crippen LogP contribution in [0.4, 0.5) is 0 Å². The summed E-state index contributed by atoms with van der Waals surface area (Å²) in [7, 11) is 0. The zero-order valence-electron chi connectivity index (χ0n) is 7.29. The maximum Gasteiger partial charge on any atom is 0.302 e. The molecule has 0 saturated heterocycles. The smallest absolute Gasteiger partial charge is 0.302 e. The summed E-state index contributed by atoms with van der Waals surface area (Å²) in [5, 5.41) is 0. The van der Waals surface area contributed by atoms with Crippen LogP contribution in [0.1, 0.15) is 32.6 Å². The summed E-state index contributed by atoms with van der Waals surface area (Å²) in [6.07, 6.45) is 3.96. The van der Waals surface area contributed by atoms with Crippen LogP contribution in [-0.4, -0.2) is 18.1 Å². The monoisotopic (exact) mass is 193 g/mol. The number of rotatable bonds is 1. The predicted molar refractivity (Wildman–Crippen MR) is 49.2 cm³/mol. The van der Waals surface area contributed by atoms with Gasteiger partial charge in [-0.05, 0) is 25.7 Å². The average molecular weight is 194 g/mol. The van der Waals surface area contributed by atoms with E-state index in [1.807, 2.05) is 0 Å². The lowest BCUT2D eigenvalue weighted by molar-refractivity contribution is -0.147. The topological polar surface area (TPSA) is 52.3 Å². The second-order valence-corrected chi connectivity index (χ2v) is 3.15. The Labute approximate surface area is 79.1 Å². The van der Waals surface area contributed by atoms with E-state index < -0.39 is 0 Å². The molecule has 0 heterocycles. The Kier molecular flexibility index (Phi) is 5.25. The molecule has 1 aliphatic carbocycles. The summed E-state index contributed by atoms with van der Waals surface area (Å²) in [4.78, 5) is 10.5. The summed E-state index contributed by atoms with van der Waals surface area (Å²) < 4.78 is 5.04. The van der Waals surface area contributed by atoms with Crippen LogP contribution in [0.3, 0.4) is 0 Å². The minimum atomic E-state index is -0.175. The lowest BCUT2D eigenvalue weighted by Crippen LogP contribution is -2.31. The van der Waals surface area contributed by atoms with Crippen LogP contribution >= 0.6 is 12.4 Å². The van der Waals surface area contributed by atoms with Crippen molar-refractivity contribution in [1.29, 1.82) is 0 Å². The van der Waals surface area contributed by atoms with Crippen LogP contribution < -0.4 is 5.73 Å². The molecule has 0 radical (unpaired) electrons. The molecule has 2 N–H and O–H groups in total. The Morgan fingerprint density at radius 1 is 1.33 bits per heavy atom. The van der Waals surface area contributed by atoms with E-state index in [-0.39, 0.29) is 24.5 Å². The molecule has 72 valence electrons. The van der Waals surface area contributed by atoms with Gasteiger partial charge in [0.1, 0.15) is 6.10 Å². The molecule has 3 nitrogen and oxygen atoms in total. The number of nitrogens with two attached hydrogens (primary N) is 1. The molecular weight excluding hydrogens is 178 g/mol. The standard InChI is InChI=1S/C8H15NO2.ClH/c1-6(10)11-8-4-2-7(9)3-5-8;/h7-8H,2-5,9H2,1H3;1H/t7-,8-;. The van der Waals surface area contributed by atoms with Crippen molar-refractivity contribution in [3.05, 3.63) is 0 Å². The van der Waals surface area contributed by atoms with Crippen molar-refractivity contribution in [3.63, 3.8) is 0 Å². The van der Waals surface area contributed by atoms with E-state index in [2.05, 4.69) is 0 Å². The van der Waals surface area contributed by atoms with Crippen LogP contribution in [0.25, 0.3) is 0 Å². The summed E-state index contributed by atoms with van der Waals surface area (Å²) in [6.45, 7) is 1.45. The Hall–Kier alpha value is -0.280. The maximum absolute atomic E-state index is 10.5. The zero-order valence-corrected chi connectivity index (χ0v) is 8.10. The van der Waals surface area contributed by atoms with Gasteiger partial charge in [-0.15, -0.1) is 12.4 Å². The van der Waals surface area contributed by atoms with Crippen LogP contribution in [0.15, 0.2) is 0 Å². The molecule has 0 unspecified atom stereocenters. The Morgan fingerprint density at radius 3 is 2.25 bits per heavy atom. The van der Waals surface area contributed by atoms with Gasteiger partial charge in [-0.25, -0.2) is 0 Å². The Balaban J connectivity index is 0.00000121. The molecule has 0 spiro atoms. The maximum atomic E-state index is 10.5. The van der Waals surface area contributed by atoms with E-state index >= 15 is 0 Å². The molecule has 0 aromatic carbocycles. The third-order valence-corrected chi connectivity index (χ3v) is 2.05. The van der Waals surface area contributed by atoms with Crippen LogP contribution in [0.2, 0.25) is 0 Å². The van der Waals surface area contributed by atoms with E-state index in [1.165, 1.54) is 6.92 Å². The predicted octanol–water partition coefficient (Wildman–Crippen LogP) is 1.24. The molecular formula is C8H16ClNO2. The molecule has 1 fully saturated rings. The molecule has 1 saturated carbocycles. The molecule has 0 aromatic rings. The second kappa shape index (κ2) is 5.38. The third-order valence-electron chi connectivity index (χ3n) is 2.05. The number of hydrogen-bond donors (Lipinski definition) is 1. The lowest BCUT2D eigenvalue weighted by Gasteiger charge is -2.25. The van der Waals surface area contributed by atoms with Gasteiger partial charge in [-0.2, -0.15) is 0 Å². The van der Waals surface area contributed by atoms with Gasteiger partial charge >= 0.3 is 5.97 Å². The molecule has 0 amide bonds. The van der Waals surface area contributed by atoms with Gasteiger partial charge in [0.25, 0.3) is 0 Å². The average Bonchev–Trinajstić information content (AvgIpc) is 1.93. The van der Waals surface area contributed by atoms with E-state index in [0.29, 0.717) is 6.04 Å². The normalized spacial score (nSPS) is 28.8. The largest absolute Gasteiger partial charge is 0.463 e. The van der Waals surface area contributed by atoms with Gasteiger partial charge in [0.2, 0.25) is 0 Å². The van der Waals surface area contributed by atoms with E-state index in [0.717, 1.165) is 25.7 Å². The number of esters is 1. The van der Waals surface area contributed by atoms with Gasteiger partial charge < -0.3 is 10.5 Å². The number of ether oxygens (including phenoxy) is 1. The summed E-state index contributed by atoms with van der Waals surface area (Å²) in [5.74, 6) is -0.175. The first-order valence-corrected chi connectivity index (χ1v) is 4.11. The van der Waals surface area contributed by atoms with Crippen LogP contribution in [0, 0.1) is 0 Å². The van der Waals surface area contributed by atoms with Crippen LogP contribution in [0.5, 0.6) is 0 Å². The highest BCUT2D eigenvalue weighted by molar-refractivity contribution is 5.85. The van der Waals surface area contributed by atoms with Gasteiger partial charge in [0.05, 0.1) is 0 Å². The first kappa shape index (κ1) is 11.7. The highest BCUT2D eigenvalue weighted by Gasteiger charge is 2.19. The minimum Gasteiger partial charge on any atom is -0.463 e. The van der Waals surface area contributed by atoms with Gasteiger partial charge in [0, 0.05) is 13.0 Å². The third kappa shape index (κ3) is 3.93. The molecule has 0 bridgehead atoms. The highest BCUT2D eigenvalue weighted by atomic mass is 35.5. The summed E-state index contributed by atoms with van der Waals surface area (Å²) in [5.41, 5.74) is 5.69. The van der Waals surface area contributed by atoms with Crippen LogP contribution in [-0.2, 0) is 9.53 Å². The van der Waals surface area contributed by atoms with Crippen molar-refractivity contribution in [1.82, 2.24) is 0 Å². The SMILES string of the molecule is CC(=O)O[C@H]1CC[C@H](N)CC1.Cl. The van der Waals surface area contributed by atoms with E-state index in [4.69, 9.17) is 10.5 Å². The summed E-state index contributed by atoms with van der Waals surface area (Å²) in [6, 6.07) is 0.321. The number of hydrogen-bond acceptors (Lipinski definition) is 3. The van der Waals surface area contributed by atoms with E-state index in [9.17, 15) is 4.79 Å². The minimum absolute atomic E-state index is 0. The fourth-order valence-electron chi connectivity index (χ4n) is 1.44. The van der Waals surface area contributed by atoms with Crippen molar-refractivity contribution in [3.8, 4) is 0 Å². The number of carbonyl (C=O) groups excluding carboxylic acids is 1. The Bertz CT molecular complexity index is 144. The lowest BCUT2D eigenvalue weighted by atomic mass is 9.94. The molecule has 0 atom stereocenters. The van der Waals surface area contributed by atoms with Crippen molar-refractivity contribution < 1.29 is 9.53 Å².